The third-order valence-corrected chi connectivity index (χ3v) is 2.73. The van der Waals surface area contributed by atoms with Gasteiger partial charge in [0.05, 0.1) is 5.56 Å². The summed E-state index contributed by atoms with van der Waals surface area (Å²) in [5.41, 5.74) is 3.31. The molecule has 2 nitrogen and oxygen atoms in total. The quantitative estimate of drug-likeness (QED) is 0.869. The van der Waals surface area contributed by atoms with E-state index in [4.69, 9.17) is 16.7 Å². The van der Waals surface area contributed by atoms with Crippen molar-refractivity contribution in [1.82, 2.24) is 0 Å². The Labute approximate surface area is 104 Å². The Morgan fingerprint density at radius 2 is 1.71 bits per heavy atom. The zero-order chi connectivity index (χ0) is 12.4. The summed E-state index contributed by atoms with van der Waals surface area (Å²) in [6, 6.07) is 12.5. The molecule has 0 radical (unpaired) electrons. The molecule has 0 atom stereocenters. The van der Waals surface area contributed by atoms with Crippen LogP contribution in [0.25, 0.3) is 11.1 Å². The van der Waals surface area contributed by atoms with E-state index in [-0.39, 0.29) is 5.56 Å². The molecule has 0 saturated carbocycles. The highest BCUT2D eigenvalue weighted by atomic mass is 35.5. The largest absolute Gasteiger partial charge is 0.478 e. The minimum Gasteiger partial charge on any atom is -0.478 e. The molecule has 2 aromatic carbocycles. The smallest absolute Gasteiger partial charge is 0.335 e. The summed E-state index contributed by atoms with van der Waals surface area (Å²) in [6.45, 7) is 1.97. The Balaban J connectivity index is 2.43. The highest BCUT2D eigenvalue weighted by molar-refractivity contribution is 6.30. The molecule has 0 aliphatic rings. The molecule has 2 aromatic rings. The van der Waals surface area contributed by atoms with Crippen molar-refractivity contribution in [1.29, 1.82) is 0 Å². The number of halogens is 1. The Morgan fingerprint density at radius 1 is 1.06 bits per heavy atom. The van der Waals surface area contributed by atoms with E-state index in [0.29, 0.717) is 5.02 Å². The number of rotatable bonds is 2. The summed E-state index contributed by atoms with van der Waals surface area (Å²) in [4.78, 5) is 10.7. The van der Waals surface area contributed by atoms with Crippen molar-refractivity contribution in [2.75, 3.05) is 0 Å². The third kappa shape index (κ3) is 2.66. The Morgan fingerprint density at radius 3 is 2.24 bits per heavy atom. The lowest BCUT2D eigenvalue weighted by molar-refractivity contribution is 0.0697. The van der Waals surface area contributed by atoms with Gasteiger partial charge in [-0.05, 0) is 47.9 Å². The van der Waals surface area contributed by atoms with E-state index in [1.54, 1.807) is 24.3 Å². The summed E-state index contributed by atoms with van der Waals surface area (Å²) >= 11 is 5.99. The lowest BCUT2D eigenvalue weighted by Crippen LogP contribution is -1.94. The first-order valence-corrected chi connectivity index (χ1v) is 5.55. The Bertz CT molecular complexity index is 539. The maximum atomic E-state index is 10.7. The fraction of sp³-hybridized carbons (Fsp3) is 0.0714. The summed E-state index contributed by atoms with van der Waals surface area (Å²) in [5, 5.41) is 9.50. The van der Waals surface area contributed by atoms with Gasteiger partial charge in [0.15, 0.2) is 0 Å². The van der Waals surface area contributed by atoms with Gasteiger partial charge in [-0.2, -0.15) is 0 Å². The van der Waals surface area contributed by atoms with Crippen LogP contribution in [-0.2, 0) is 0 Å². The minimum atomic E-state index is -0.918. The predicted molar refractivity (Wildman–Crippen MR) is 68.6 cm³/mol. The number of benzene rings is 2. The number of aryl methyl sites for hydroxylation is 1. The zero-order valence-corrected chi connectivity index (χ0v) is 10.0. The van der Waals surface area contributed by atoms with Crippen molar-refractivity contribution in [3.63, 3.8) is 0 Å². The molecule has 0 aromatic heterocycles. The maximum Gasteiger partial charge on any atom is 0.335 e. The molecular formula is C14H11ClO2. The van der Waals surface area contributed by atoms with Gasteiger partial charge in [-0.3, -0.25) is 0 Å². The van der Waals surface area contributed by atoms with Crippen LogP contribution in [0.1, 0.15) is 15.9 Å². The molecule has 0 aliphatic heterocycles. The van der Waals surface area contributed by atoms with Crippen LogP contribution < -0.4 is 0 Å². The molecule has 0 spiro atoms. The van der Waals surface area contributed by atoms with Crippen LogP contribution in [-0.4, -0.2) is 11.1 Å². The highest BCUT2D eigenvalue weighted by Crippen LogP contribution is 2.24. The monoisotopic (exact) mass is 246 g/mol. The average molecular weight is 247 g/mol. The van der Waals surface area contributed by atoms with E-state index in [1.807, 2.05) is 25.1 Å². The van der Waals surface area contributed by atoms with Crippen molar-refractivity contribution < 1.29 is 9.90 Å². The van der Waals surface area contributed by atoms with E-state index in [2.05, 4.69) is 0 Å². The lowest BCUT2D eigenvalue weighted by Gasteiger charge is -2.04. The van der Waals surface area contributed by atoms with E-state index < -0.39 is 5.97 Å². The van der Waals surface area contributed by atoms with Gasteiger partial charge in [0, 0.05) is 5.02 Å². The molecule has 0 unspecified atom stereocenters. The van der Waals surface area contributed by atoms with Gasteiger partial charge in [0.2, 0.25) is 0 Å². The first kappa shape index (κ1) is 11.7. The highest BCUT2D eigenvalue weighted by Gasteiger charge is 2.04. The second-order valence-corrected chi connectivity index (χ2v) is 4.34. The lowest BCUT2D eigenvalue weighted by atomic mass is 10.0. The topological polar surface area (TPSA) is 37.3 Å². The molecule has 0 aliphatic carbocycles. The van der Waals surface area contributed by atoms with E-state index in [0.717, 1.165) is 16.7 Å². The average Bonchev–Trinajstić information content (AvgIpc) is 2.28. The molecule has 0 bridgehead atoms. The van der Waals surface area contributed by atoms with Gasteiger partial charge < -0.3 is 5.11 Å². The van der Waals surface area contributed by atoms with Gasteiger partial charge in [-0.1, -0.05) is 29.8 Å². The molecule has 0 saturated heterocycles. The van der Waals surface area contributed by atoms with Gasteiger partial charge >= 0.3 is 5.97 Å². The van der Waals surface area contributed by atoms with Gasteiger partial charge in [-0.15, -0.1) is 0 Å². The second-order valence-electron chi connectivity index (χ2n) is 3.90. The number of carboxylic acid groups (broad SMARTS) is 1. The molecular weight excluding hydrogens is 236 g/mol. The Kier molecular flexibility index (Phi) is 3.16. The fourth-order valence-electron chi connectivity index (χ4n) is 1.71. The first-order valence-electron chi connectivity index (χ1n) is 5.17. The predicted octanol–water partition coefficient (Wildman–Crippen LogP) is 4.01. The minimum absolute atomic E-state index is 0.285. The first-order chi connectivity index (χ1) is 8.06. The van der Waals surface area contributed by atoms with Crippen molar-refractivity contribution in [2.45, 2.75) is 6.92 Å². The normalized spacial score (nSPS) is 10.2. The number of hydrogen-bond acceptors (Lipinski definition) is 1. The van der Waals surface area contributed by atoms with Crippen molar-refractivity contribution >= 4 is 17.6 Å². The molecule has 3 heteroatoms. The molecule has 0 amide bonds. The van der Waals surface area contributed by atoms with Crippen molar-refractivity contribution in [3.8, 4) is 11.1 Å². The SMILES string of the molecule is Cc1cc(Cl)cc(-c2ccc(C(=O)O)cc2)c1. The second kappa shape index (κ2) is 4.60. The third-order valence-electron chi connectivity index (χ3n) is 2.51. The van der Waals surface area contributed by atoms with Crippen molar-refractivity contribution in [2.24, 2.45) is 0 Å². The van der Waals surface area contributed by atoms with Gasteiger partial charge in [-0.25, -0.2) is 4.79 Å². The zero-order valence-electron chi connectivity index (χ0n) is 9.27. The maximum absolute atomic E-state index is 10.7. The number of hydrogen-bond donors (Lipinski definition) is 1. The number of carbonyl (C=O) groups is 1. The summed E-state index contributed by atoms with van der Waals surface area (Å²) in [7, 11) is 0. The van der Waals surface area contributed by atoms with Crippen LogP contribution in [0.3, 0.4) is 0 Å². The van der Waals surface area contributed by atoms with Crippen LogP contribution in [0.5, 0.6) is 0 Å². The Hall–Kier alpha value is -1.80. The van der Waals surface area contributed by atoms with Crippen LogP contribution in [0.2, 0.25) is 5.02 Å². The standard InChI is InChI=1S/C14H11ClO2/c1-9-6-12(8-13(15)7-9)10-2-4-11(5-3-10)14(16)17/h2-8H,1H3,(H,16,17). The summed E-state index contributed by atoms with van der Waals surface area (Å²) in [5.74, 6) is -0.918. The molecule has 2 rings (SSSR count). The fourth-order valence-corrected chi connectivity index (χ4v) is 2.00. The molecule has 1 N–H and O–H groups in total. The van der Waals surface area contributed by atoms with E-state index in [1.165, 1.54) is 0 Å². The van der Waals surface area contributed by atoms with Crippen LogP contribution in [0.15, 0.2) is 42.5 Å². The number of carboxylic acids is 1. The van der Waals surface area contributed by atoms with Crippen LogP contribution in [0, 0.1) is 6.92 Å². The molecule has 0 heterocycles. The van der Waals surface area contributed by atoms with Gasteiger partial charge in [0.25, 0.3) is 0 Å². The van der Waals surface area contributed by atoms with Crippen LogP contribution in [0.4, 0.5) is 0 Å². The summed E-state index contributed by atoms with van der Waals surface area (Å²) in [6.07, 6.45) is 0. The van der Waals surface area contributed by atoms with Gasteiger partial charge in [0.1, 0.15) is 0 Å². The molecule has 0 fully saturated rings. The molecule has 17 heavy (non-hydrogen) atoms. The molecule has 86 valence electrons. The van der Waals surface area contributed by atoms with E-state index in [9.17, 15) is 4.79 Å². The number of aromatic carboxylic acids is 1. The van der Waals surface area contributed by atoms with E-state index >= 15 is 0 Å². The van der Waals surface area contributed by atoms with Crippen LogP contribution >= 0.6 is 11.6 Å². The summed E-state index contributed by atoms with van der Waals surface area (Å²) < 4.78 is 0. The van der Waals surface area contributed by atoms with Crippen molar-refractivity contribution in [3.05, 3.63) is 58.6 Å².